The van der Waals surface area contributed by atoms with Gasteiger partial charge in [0.1, 0.15) is 26.4 Å². The molecule has 11 heteroatoms. The maximum Gasteiger partial charge on any atom is 0.146 e. The molecule has 0 amide bonds. The van der Waals surface area contributed by atoms with Gasteiger partial charge >= 0.3 is 0 Å². The van der Waals surface area contributed by atoms with Crippen molar-refractivity contribution in [1.82, 2.24) is 0 Å². The lowest BCUT2D eigenvalue weighted by Gasteiger charge is -2.38. The fourth-order valence-electron chi connectivity index (χ4n) is 5.96. The monoisotopic (exact) mass is 828 g/mol. The predicted octanol–water partition coefficient (Wildman–Crippen LogP) is 6.50. The molecule has 0 aliphatic carbocycles. The Morgan fingerprint density at radius 2 is 0.870 bits per heavy atom. The lowest BCUT2D eigenvalue weighted by atomic mass is 10.1. The summed E-state index contributed by atoms with van der Waals surface area (Å²) in [6.07, 6.45) is 3.23. The van der Waals surface area contributed by atoms with E-state index in [0.717, 1.165) is 32.3 Å². The third-order valence-corrected chi connectivity index (χ3v) is 15.7. The van der Waals surface area contributed by atoms with Crippen molar-refractivity contribution in [2.45, 2.75) is 76.5 Å². The number of rotatable bonds is 18. The van der Waals surface area contributed by atoms with Gasteiger partial charge in [-0.25, -0.2) is 0 Å². The summed E-state index contributed by atoms with van der Waals surface area (Å²) in [5.74, 6) is 5.91. The van der Waals surface area contributed by atoms with Crippen LogP contribution in [-0.2, 0) is 14.2 Å². The van der Waals surface area contributed by atoms with Crippen molar-refractivity contribution >= 4 is 24.0 Å². The summed E-state index contributed by atoms with van der Waals surface area (Å²) in [6.45, 7) is 15.1. The first-order valence-corrected chi connectivity index (χ1v) is 21.3. The van der Waals surface area contributed by atoms with Gasteiger partial charge in [0, 0.05) is 15.6 Å². The van der Waals surface area contributed by atoms with E-state index in [1.165, 1.54) is 0 Å². The molecule has 0 radical (unpaired) electrons. The van der Waals surface area contributed by atoms with E-state index in [1.807, 2.05) is 48.5 Å². The second-order valence-electron chi connectivity index (χ2n) is 13.5. The van der Waals surface area contributed by atoms with E-state index in [-0.39, 0.29) is 59.5 Å². The molecule has 0 bridgehead atoms. The molecule has 0 aliphatic rings. The zero-order chi connectivity index (χ0) is 40.5. The zero-order valence-corrected chi connectivity index (χ0v) is 35.2. The van der Waals surface area contributed by atoms with Crippen molar-refractivity contribution in [1.29, 1.82) is 0 Å². The summed E-state index contributed by atoms with van der Waals surface area (Å²) in [4.78, 5) is 0. The van der Waals surface area contributed by atoms with Crippen LogP contribution in [0.3, 0.4) is 0 Å². The van der Waals surface area contributed by atoms with E-state index in [9.17, 15) is 15.3 Å². The van der Waals surface area contributed by atoms with Crippen LogP contribution in [0.1, 0.15) is 87.7 Å². The summed E-state index contributed by atoms with van der Waals surface area (Å²) < 4.78 is 16.2. The Labute approximate surface area is 332 Å². The average molecular weight is 830 g/mol. The first-order valence-electron chi connectivity index (χ1n) is 18.3. The zero-order valence-electron chi connectivity index (χ0n) is 32.6. The van der Waals surface area contributed by atoms with Crippen molar-refractivity contribution in [3.8, 4) is 23.8 Å². The third kappa shape index (κ3) is 17.7. The number of aliphatic hydroxyl groups excluding tert-OH is 6. The normalized spacial score (nSPS) is 12.8. The molecule has 0 saturated carbocycles. The molecule has 0 heterocycles. The molecule has 0 saturated heterocycles. The molecule has 298 valence electrons. The highest BCUT2D eigenvalue weighted by Crippen LogP contribution is 2.40. The number of ether oxygens (including phenoxy) is 3. The quantitative estimate of drug-likeness (QED) is 0.0481. The van der Waals surface area contributed by atoms with Crippen LogP contribution in [0.4, 0.5) is 0 Å². The van der Waals surface area contributed by atoms with E-state index in [2.05, 4.69) is 74.9 Å². The van der Waals surface area contributed by atoms with Crippen LogP contribution in [-0.4, -0.2) is 98.2 Å². The van der Waals surface area contributed by atoms with Gasteiger partial charge in [0.2, 0.25) is 0 Å². The Morgan fingerprint density at radius 3 is 1.17 bits per heavy atom. The summed E-state index contributed by atoms with van der Waals surface area (Å²) in [6, 6.07) is 22.2. The van der Waals surface area contributed by atoms with Crippen molar-refractivity contribution < 1.29 is 44.8 Å². The van der Waals surface area contributed by atoms with Crippen LogP contribution in [0.25, 0.3) is 0 Å². The van der Waals surface area contributed by atoms with Crippen LogP contribution >= 0.6 is 15.9 Å². The van der Waals surface area contributed by atoms with E-state index in [1.54, 1.807) is 24.3 Å². The van der Waals surface area contributed by atoms with Gasteiger partial charge < -0.3 is 44.8 Å². The third-order valence-electron chi connectivity index (χ3n) is 8.84. The SMILES string of the molecule is C#Cc1ccc(C(O)COCCO)cc1.CC(C)[Si](C#Cc1ccc(C(O)COCCO)cc1)(C(C)C)C(C)C.OCCOCC(O)c1ccc(Br)cc1. The number of hydrogen-bond donors (Lipinski definition) is 6. The number of halogens is 1. The van der Waals surface area contributed by atoms with Crippen LogP contribution in [0, 0.1) is 23.8 Å². The fraction of sp³-hybridized carbons (Fsp3) is 0.488. The first-order chi connectivity index (χ1) is 25.8. The number of aliphatic hydroxyl groups is 6. The minimum Gasteiger partial charge on any atom is -0.394 e. The van der Waals surface area contributed by atoms with E-state index >= 15 is 0 Å². The highest BCUT2D eigenvalue weighted by atomic mass is 79.9. The van der Waals surface area contributed by atoms with Crippen LogP contribution < -0.4 is 0 Å². The molecule has 0 spiro atoms. The Bertz CT molecular complexity index is 1490. The molecule has 3 rings (SSSR count). The lowest BCUT2D eigenvalue weighted by Crippen LogP contribution is -2.43. The van der Waals surface area contributed by atoms with E-state index in [4.69, 9.17) is 36.0 Å². The largest absolute Gasteiger partial charge is 0.394 e. The standard InChI is InChI=1S/C21H34O3Si.C12H14O3.C10H13BrO3/c1-16(2)25(17(3)4,18(5)6)14-11-19-7-9-20(10-8-19)21(23)15-24-13-12-22;1-2-10-3-5-11(6-4-10)12(14)9-15-8-7-13;11-9-3-1-8(2-4-9)10(13)7-14-6-5-12/h7-10,16-18,21-23H,12-13,15H2,1-6H3;1,3-6,12-14H,7-9H2;1-4,10,12-13H,5-7H2. The van der Waals surface area contributed by atoms with Crippen LogP contribution in [0.5, 0.6) is 0 Å². The molecule has 0 aliphatic heterocycles. The Hall–Kier alpha value is -2.88. The Morgan fingerprint density at radius 1 is 0.556 bits per heavy atom. The van der Waals surface area contributed by atoms with Crippen molar-refractivity contribution in [2.75, 3.05) is 59.5 Å². The van der Waals surface area contributed by atoms with Crippen molar-refractivity contribution in [3.63, 3.8) is 0 Å². The Balaban J connectivity index is 0.000000431. The van der Waals surface area contributed by atoms with Crippen molar-refractivity contribution in [2.24, 2.45) is 0 Å². The second-order valence-corrected chi connectivity index (χ2v) is 20.0. The molecule has 3 aromatic carbocycles. The predicted molar refractivity (Wildman–Crippen MR) is 221 cm³/mol. The van der Waals surface area contributed by atoms with Crippen LogP contribution in [0.15, 0.2) is 77.3 Å². The second kappa shape index (κ2) is 27.7. The number of terminal acetylenes is 1. The summed E-state index contributed by atoms with van der Waals surface area (Å²) in [5.41, 5.74) is 9.71. The van der Waals surface area contributed by atoms with Gasteiger partial charge in [-0.15, -0.1) is 12.0 Å². The van der Waals surface area contributed by atoms with Gasteiger partial charge in [-0.2, -0.15) is 0 Å². The minimum atomic E-state index is -1.72. The molecule has 3 unspecified atom stereocenters. The molecule has 3 atom stereocenters. The molecule has 0 aromatic heterocycles. The average Bonchev–Trinajstić information content (AvgIpc) is 3.16. The summed E-state index contributed by atoms with van der Waals surface area (Å²) >= 11 is 3.31. The lowest BCUT2D eigenvalue weighted by molar-refractivity contribution is 0.0206. The fourth-order valence-corrected chi connectivity index (χ4v) is 11.4. The highest BCUT2D eigenvalue weighted by Gasteiger charge is 2.41. The Kier molecular flexibility index (Phi) is 25.2. The molecule has 54 heavy (non-hydrogen) atoms. The van der Waals surface area contributed by atoms with Gasteiger partial charge in [0.05, 0.1) is 59.5 Å². The molecular formula is C43H61BrO9Si. The van der Waals surface area contributed by atoms with E-state index in [0.29, 0.717) is 16.6 Å². The maximum absolute atomic E-state index is 10.1. The van der Waals surface area contributed by atoms with Gasteiger partial charge in [-0.05, 0) is 69.7 Å². The summed E-state index contributed by atoms with van der Waals surface area (Å²) in [5, 5.41) is 55.0. The van der Waals surface area contributed by atoms with Gasteiger partial charge in [0.25, 0.3) is 0 Å². The van der Waals surface area contributed by atoms with Gasteiger partial charge in [-0.1, -0.05) is 106 Å². The number of benzene rings is 3. The smallest absolute Gasteiger partial charge is 0.146 e. The van der Waals surface area contributed by atoms with Crippen molar-refractivity contribution in [3.05, 3.63) is 105 Å². The van der Waals surface area contributed by atoms with Gasteiger partial charge in [-0.3, -0.25) is 0 Å². The molecule has 9 nitrogen and oxygen atoms in total. The molecule has 6 N–H and O–H groups in total. The molecule has 3 aromatic rings. The molecular weight excluding hydrogens is 768 g/mol. The van der Waals surface area contributed by atoms with Crippen LogP contribution in [0.2, 0.25) is 16.6 Å². The minimum absolute atomic E-state index is 0.0208. The summed E-state index contributed by atoms with van der Waals surface area (Å²) in [7, 11) is -1.72. The number of hydrogen-bond acceptors (Lipinski definition) is 9. The maximum atomic E-state index is 10.1. The highest BCUT2D eigenvalue weighted by molar-refractivity contribution is 9.10. The van der Waals surface area contributed by atoms with Gasteiger partial charge in [0.15, 0.2) is 0 Å². The molecule has 0 fully saturated rings. The topological polar surface area (TPSA) is 149 Å². The first kappa shape index (κ1) is 49.1. The van der Waals surface area contributed by atoms with E-state index < -0.39 is 26.4 Å².